The lowest BCUT2D eigenvalue weighted by molar-refractivity contribution is -0.149. The number of carbonyl (C=O) groups is 3. The van der Waals surface area contributed by atoms with Crippen molar-refractivity contribution in [3.63, 3.8) is 0 Å². The summed E-state index contributed by atoms with van der Waals surface area (Å²) in [5.74, 6) is -2.64. The molecule has 2 aliphatic carbocycles. The van der Waals surface area contributed by atoms with Crippen LogP contribution in [0.5, 0.6) is 0 Å². The van der Waals surface area contributed by atoms with E-state index in [2.05, 4.69) is 6.58 Å². The smallest absolute Gasteiger partial charge is 0.334 e. The summed E-state index contributed by atoms with van der Waals surface area (Å²) in [7, 11) is 0. The van der Waals surface area contributed by atoms with Gasteiger partial charge >= 0.3 is 11.9 Å². The van der Waals surface area contributed by atoms with Crippen molar-refractivity contribution in [2.24, 2.45) is 11.8 Å². The fraction of sp³-hybridized carbons (Fsp3) is 0.450. The molecule has 138 valence electrons. The quantitative estimate of drug-likeness (QED) is 0.598. The molecule has 1 heterocycles. The van der Waals surface area contributed by atoms with Gasteiger partial charge in [0.05, 0.1) is 5.92 Å². The van der Waals surface area contributed by atoms with E-state index in [1.165, 1.54) is 12.2 Å². The lowest BCUT2D eigenvalue weighted by Gasteiger charge is -2.28. The van der Waals surface area contributed by atoms with Gasteiger partial charge in [0, 0.05) is 23.1 Å². The monoisotopic (exact) mass is 358 g/mol. The zero-order valence-corrected chi connectivity index (χ0v) is 15.2. The summed E-state index contributed by atoms with van der Waals surface area (Å²) in [6.45, 7) is 10.7. The maximum atomic E-state index is 12.5. The summed E-state index contributed by atoms with van der Waals surface area (Å²) in [5, 5.41) is 10.9. The number of allylic oxidation sites excluding steroid dienone is 2. The van der Waals surface area contributed by atoms with E-state index in [1.54, 1.807) is 27.7 Å². The zero-order chi connectivity index (χ0) is 19.3. The normalized spacial score (nSPS) is 33.2. The molecule has 6 heteroatoms. The Morgan fingerprint density at radius 1 is 1.31 bits per heavy atom. The van der Waals surface area contributed by atoms with E-state index >= 15 is 0 Å². The molecule has 1 fully saturated rings. The molecule has 3 rings (SSSR count). The number of ketones is 1. The molecule has 1 aliphatic heterocycles. The van der Waals surface area contributed by atoms with Gasteiger partial charge in [0.1, 0.15) is 12.2 Å². The Morgan fingerprint density at radius 2 is 1.96 bits per heavy atom. The fourth-order valence-corrected chi connectivity index (χ4v) is 4.05. The van der Waals surface area contributed by atoms with Gasteiger partial charge < -0.3 is 14.6 Å². The number of aliphatic hydroxyl groups excluding tert-OH is 1. The molecule has 0 saturated carbocycles. The zero-order valence-electron chi connectivity index (χ0n) is 15.2. The van der Waals surface area contributed by atoms with Gasteiger partial charge in [-0.05, 0) is 39.3 Å². The molecule has 1 N–H and O–H groups in total. The van der Waals surface area contributed by atoms with Crippen LogP contribution in [0.2, 0.25) is 0 Å². The summed E-state index contributed by atoms with van der Waals surface area (Å²) in [4.78, 5) is 36.7. The van der Waals surface area contributed by atoms with Crippen LogP contribution in [-0.2, 0) is 23.9 Å². The van der Waals surface area contributed by atoms with Crippen molar-refractivity contribution in [3.05, 3.63) is 46.6 Å². The predicted molar refractivity (Wildman–Crippen MR) is 92.8 cm³/mol. The first kappa shape index (κ1) is 18.3. The second kappa shape index (κ2) is 6.36. The van der Waals surface area contributed by atoms with Crippen molar-refractivity contribution in [2.45, 2.75) is 46.0 Å². The van der Waals surface area contributed by atoms with Crippen LogP contribution >= 0.6 is 0 Å². The van der Waals surface area contributed by atoms with Gasteiger partial charge in [-0.3, -0.25) is 4.79 Å². The minimum atomic E-state index is -1.23. The summed E-state index contributed by atoms with van der Waals surface area (Å²) in [5.41, 5.74) is 2.54. The Kier molecular flexibility index (Phi) is 4.48. The van der Waals surface area contributed by atoms with Crippen molar-refractivity contribution < 1.29 is 29.0 Å². The minimum absolute atomic E-state index is 0.131. The highest BCUT2D eigenvalue weighted by atomic mass is 16.6. The van der Waals surface area contributed by atoms with Crippen LogP contribution in [0.25, 0.3) is 0 Å². The molecule has 5 unspecified atom stereocenters. The summed E-state index contributed by atoms with van der Waals surface area (Å²) < 4.78 is 10.9. The largest absolute Gasteiger partial charge is 0.457 e. The van der Waals surface area contributed by atoms with Gasteiger partial charge in [-0.1, -0.05) is 17.7 Å². The van der Waals surface area contributed by atoms with Gasteiger partial charge in [0.15, 0.2) is 11.9 Å². The first-order chi connectivity index (χ1) is 12.1. The Labute approximate surface area is 151 Å². The maximum absolute atomic E-state index is 12.5. The number of carbonyl (C=O) groups excluding carboxylic acids is 3. The molecule has 1 saturated heterocycles. The summed E-state index contributed by atoms with van der Waals surface area (Å²) in [6.07, 6.45) is -0.199. The third-order valence-electron chi connectivity index (χ3n) is 5.20. The van der Waals surface area contributed by atoms with E-state index in [0.717, 1.165) is 11.1 Å². The second-order valence-corrected chi connectivity index (χ2v) is 7.32. The molecule has 3 aliphatic rings. The van der Waals surface area contributed by atoms with E-state index < -0.39 is 42.1 Å². The molecule has 6 nitrogen and oxygen atoms in total. The Hall–Kier alpha value is -2.47. The average Bonchev–Trinajstić information content (AvgIpc) is 2.95. The van der Waals surface area contributed by atoms with Crippen LogP contribution in [0.3, 0.4) is 0 Å². The van der Waals surface area contributed by atoms with Gasteiger partial charge in [-0.25, -0.2) is 9.59 Å². The second-order valence-electron chi connectivity index (χ2n) is 7.32. The highest BCUT2D eigenvalue weighted by Gasteiger charge is 2.55. The van der Waals surface area contributed by atoms with Gasteiger partial charge in [-0.15, -0.1) is 0 Å². The van der Waals surface area contributed by atoms with Crippen molar-refractivity contribution >= 4 is 17.7 Å². The van der Waals surface area contributed by atoms with Crippen LogP contribution in [-0.4, -0.2) is 41.1 Å². The molecule has 5 atom stereocenters. The third-order valence-corrected chi connectivity index (χ3v) is 5.20. The number of ether oxygens (including phenoxy) is 2. The van der Waals surface area contributed by atoms with Crippen LogP contribution in [0.15, 0.2) is 46.6 Å². The predicted octanol–water partition coefficient (Wildman–Crippen LogP) is 1.80. The molecule has 0 aromatic heterocycles. The Bertz CT molecular complexity index is 808. The van der Waals surface area contributed by atoms with E-state index in [9.17, 15) is 19.5 Å². The van der Waals surface area contributed by atoms with Crippen LogP contribution in [0.4, 0.5) is 0 Å². The van der Waals surface area contributed by atoms with Crippen LogP contribution in [0, 0.1) is 11.8 Å². The molecule has 0 radical (unpaired) electrons. The van der Waals surface area contributed by atoms with Gasteiger partial charge in [-0.2, -0.15) is 0 Å². The van der Waals surface area contributed by atoms with E-state index in [-0.39, 0.29) is 11.4 Å². The lowest BCUT2D eigenvalue weighted by Crippen LogP contribution is -2.41. The fourth-order valence-electron chi connectivity index (χ4n) is 4.05. The molecule has 26 heavy (non-hydrogen) atoms. The van der Waals surface area contributed by atoms with Crippen molar-refractivity contribution in [3.8, 4) is 0 Å². The number of hydrogen-bond donors (Lipinski definition) is 1. The van der Waals surface area contributed by atoms with Gasteiger partial charge in [0.2, 0.25) is 0 Å². The highest BCUT2D eigenvalue weighted by molar-refractivity contribution is 6.09. The number of fused-ring (bicyclic) bond motifs is 3. The standard InChI is InChI=1S/C20H22O6/c1-8(2)6-13(22)25-18-10(4)15-12(21)7-9(3)14(15)19-16(17(18)23)11(5)20(24)26-19/h6-7,14,16-19,23H,5H2,1-4H3. The van der Waals surface area contributed by atoms with Crippen LogP contribution < -0.4 is 0 Å². The van der Waals surface area contributed by atoms with Crippen molar-refractivity contribution in [2.75, 3.05) is 0 Å². The molecular formula is C20H22O6. The molecule has 0 aromatic carbocycles. The maximum Gasteiger partial charge on any atom is 0.334 e. The lowest BCUT2D eigenvalue weighted by atomic mass is 9.82. The van der Waals surface area contributed by atoms with Crippen molar-refractivity contribution in [1.29, 1.82) is 0 Å². The topological polar surface area (TPSA) is 89.9 Å². The average molecular weight is 358 g/mol. The minimum Gasteiger partial charge on any atom is -0.457 e. The number of aliphatic hydroxyl groups is 1. The van der Waals surface area contributed by atoms with Crippen molar-refractivity contribution in [1.82, 2.24) is 0 Å². The summed E-state index contributed by atoms with van der Waals surface area (Å²) >= 11 is 0. The molecule has 0 bridgehead atoms. The number of hydrogen-bond acceptors (Lipinski definition) is 6. The highest BCUT2D eigenvalue weighted by Crippen LogP contribution is 2.48. The van der Waals surface area contributed by atoms with E-state index in [1.807, 2.05) is 0 Å². The number of esters is 2. The molecule has 0 spiro atoms. The Balaban J connectivity index is 2.10. The van der Waals surface area contributed by atoms with E-state index in [4.69, 9.17) is 9.47 Å². The Morgan fingerprint density at radius 3 is 2.58 bits per heavy atom. The first-order valence-corrected chi connectivity index (χ1v) is 8.50. The third kappa shape index (κ3) is 2.74. The van der Waals surface area contributed by atoms with E-state index in [0.29, 0.717) is 11.1 Å². The molecule has 0 amide bonds. The summed E-state index contributed by atoms with van der Waals surface area (Å²) in [6, 6.07) is 0. The molecule has 0 aromatic rings. The van der Waals surface area contributed by atoms with Crippen LogP contribution in [0.1, 0.15) is 27.7 Å². The molecular weight excluding hydrogens is 336 g/mol. The number of rotatable bonds is 2. The first-order valence-electron chi connectivity index (χ1n) is 8.50. The SMILES string of the molecule is C=C1C(=O)OC2C3C(C)=CC(=O)C3=C(C)C(OC(=O)C=C(C)C)C(O)C12. The van der Waals surface area contributed by atoms with Gasteiger partial charge in [0.25, 0.3) is 0 Å².